The van der Waals surface area contributed by atoms with Gasteiger partial charge in [0.25, 0.3) is 5.56 Å². The molecule has 0 bridgehead atoms. The zero-order valence-corrected chi connectivity index (χ0v) is 23.5. The van der Waals surface area contributed by atoms with Crippen LogP contribution in [0.5, 0.6) is 5.75 Å². The molecule has 0 N–H and O–H groups in total. The van der Waals surface area contributed by atoms with Gasteiger partial charge >= 0.3 is 12.6 Å². The van der Waals surface area contributed by atoms with E-state index in [2.05, 4.69) is 18.6 Å². The number of hydrogen-bond acceptors (Lipinski definition) is 6. The van der Waals surface area contributed by atoms with Crippen LogP contribution in [0.15, 0.2) is 94.2 Å². The number of nitrogens with zero attached hydrogens (tertiary/aromatic N) is 2. The van der Waals surface area contributed by atoms with Gasteiger partial charge in [0.15, 0.2) is 4.80 Å². The summed E-state index contributed by atoms with van der Waals surface area (Å²) >= 11 is 1.19. The number of aromatic nitrogens is 1. The Morgan fingerprint density at radius 2 is 1.71 bits per heavy atom. The lowest BCUT2D eigenvalue weighted by atomic mass is 9.91. The van der Waals surface area contributed by atoms with Crippen molar-refractivity contribution in [1.29, 1.82) is 0 Å². The van der Waals surface area contributed by atoms with Crippen molar-refractivity contribution in [2.75, 3.05) is 6.61 Å². The van der Waals surface area contributed by atoms with Gasteiger partial charge in [0, 0.05) is 5.56 Å². The van der Waals surface area contributed by atoms with E-state index >= 15 is 0 Å². The monoisotopic (exact) mass is 574 g/mol. The van der Waals surface area contributed by atoms with Crippen LogP contribution < -0.4 is 19.6 Å². The highest BCUT2D eigenvalue weighted by molar-refractivity contribution is 7.07. The molecule has 1 atom stereocenters. The maximum Gasteiger partial charge on any atom is 0.387 e. The van der Waals surface area contributed by atoms with Crippen molar-refractivity contribution < 1.29 is 23.0 Å². The molecule has 4 aromatic rings. The van der Waals surface area contributed by atoms with Crippen molar-refractivity contribution in [3.8, 4) is 5.75 Å². The van der Waals surface area contributed by atoms with E-state index in [1.807, 2.05) is 54.6 Å². The third-order valence-corrected chi connectivity index (χ3v) is 7.68. The van der Waals surface area contributed by atoms with E-state index in [4.69, 9.17) is 9.73 Å². The van der Waals surface area contributed by atoms with E-state index in [1.54, 1.807) is 25.1 Å². The summed E-state index contributed by atoms with van der Waals surface area (Å²) < 4.78 is 37.0. The van der Waals surface area contributed by atoms with E-state index in [0.717, 1.165) is 16.7 Å². The lowest BCUT2D eigenvalue weighted by molar-refractivity contribution is -0.138. The summed E-state index contributed by atoms with van der Waals surface area (Å²) in [5.74, 6) is -0.213. The number of alkyl halides is 2. The molecular weight excluding hydrogens is 546 g/mol. The Labute approximate surface area is 239 Å². The summed E-state index contributed by atoms with van der Waals surface area (Å²) in [5.41, 5.74) is 3.64. The summed E-state index contributed by atoms with van der Waals surface area (Å²) in [5, 5.41) is 0. The molecule has 0 radical (unpaired) electrons. The number of rotatable bonds is 8. The smallest absolute Gasteiger partial charge is 0.387 e. The number of benzene rings is 3. The minimum atomic E-state index is -2.92. The Kier molecular flexibility index (Phi) is 8.26. The molecule has 0 saturated heterocycles. The molecule has 5 rings (SSSR count). The van der Waals surface area contributed by atoms with E-state index in [0.29, 0.717) is 26.5 Å². The van der Waals surface area contributed by atoms with Crippen molar-refractivity contribution in [3.63, 3.8) is 0 Å². The predicted octanol–water partition coefficient (Wildman–Crippen LogP) is 5.66. The molecule has 0 unspecified atom stereocenters. The molecule has 1 aliphatic rings. The van der Waals surface area contributed by atoms with E-state index in [9.17, 15) is 18.4 Å². The van der Waals surface area contributed by atoms with Crippen LogP contribution in [0.2, 0.25) is 0 Å². The summed E-state index contributed by atoms with van der Waals surface area (Å²) in [7, 11) is 0. The summed E-state index contributed by atoms with van der Waals surface area (Å²) in [6.45, 7) is 3.18. The average Bonchev–Trinajstić information content (AvgIpc) is 3.27. The number of carbonyl (C=O) groups excluding carboxylic acids is 1. The predicted molar refractivity (Wildman–Crippen MR) is 155 cm³/mol. The van der Waals surface area contributed by atoms with E-state index < -0.39 is 18.6 Å². The molecule has 0 spiro atoms. The van der Waals surface area contributed by atoms with Crippen molar-refractivity contribution in [3.05, 3.63) is 126 Å². The van der Waals surface area contributed by atoms with Gasteiger partial charge in [-0.2, -0.15) is 8.78 Å². The first-order valence-corrected chi connectivity index (χ1v) is 14.0. The third-order valence-electron chi connectivity index (χ3n) is 6.70. The molecule has 1 aromatic heterocycles. The maximum atomic E-state index is 13.9. The largest absolute Gasteiger partial charge is 0.463 e. The van der Waals surface area contributed by atoms with E-state index in [1.165, 1.54) is 28.0 Å². The van der Waals surface area contributed by atoms with Gasteiger partial charge in [-0.3, -0.25) is 9.36 Å². The fraction of sp³-hybridized carbons (Fsp3) is 0.219. The molecule has 0 aliphatic carbocycles. The van der Waals surface area contributed by atoms with Gasteiger partial charge in [-0.15, -0.1) is 0 Å². The normalized spacial score (nSPS) is 15.2. The highest BCUT2D eigenvalue weighted by atomic mass is 32.1. The number of fused-ring (bicyclic) bond motifs is 1. The van der Waals surface area contributed by atoms with Gasteiger partial charge in [0.05, 0.1) is 28.5 Å². The van der Waals surface area contributed by atoms with Gasteiger partial charge in [0.2, 0.25) is 0 Å². The number of carbonyl (C=O) groups is 1. The minimum absolute atomic E-state index is 0.0232. The number of halogens is 2. The molecule has 9 heteroatoms. The van der Waals surface area contributed by atoms with Crippen molar-refractivity contribution >= 4 is 29.1 Å². The Morgan fingerprint density at radius 3 is 2.32 bits per heavy atom. The lowest BCUT2D eigenvalue weighted by Crippen LogP contribution is -2.40. The van der Waals surface area contributed by atoms with Crippen LogP contribution in [0.1, 0.15) is 55.0 Å². The standard InChI is InChI=1S/C32H28F2N2O4S/c1-4-39-30(38)26-27(22-8-6-5-7-9-22)35-32-36(28(26)23-14-12-21(13-15-23)19(2)3)29(37)25(41-32)18-20-10-16-24(17-11-20)40-31(33)34/h5-19,28,31H,4H2,1-3H3/b25-18+/t28-/m0/s1. The van der Waals surface area contributed by atoms with Crippen molar-refractivity contribution in [1.82, 2.24) is 4.57 Å². The quantitative estimate of drug-likeness (QED) is 0.255. The van der Waals surface area contributed by atoms with Crippen LogP contribution in [0.4, 0.5) is 8.78 Å². The Balaban J connectivity index is 1.74. The first-order chi connectivity index (χ1) is 19.8. The molecule has 6 nitrogen and oxygen atoms in total. The first kappa shape index (κ1) is 28.2. The highest BCUT2D eigenvalue weighted by Gasteiger charge is 2.35. The van der Waals surface area contributed by atoms with Gasteiger partial charge in [0.1, 0.15) is 5.75 Å². The zero-order chi connectivity index (χ0) is 29.1. The maximum absolute atomic E-state index is 13.9. The number of esters is 1. The molecule has 0 amide bonds. The molecule has 0 saturated carbocycles. The van der Waals surface area contributed by atoms with Crippen molar-refractivity contribution in [2.24, 2.45) is 4.99 Å². The van der Waals surface area contributed by atoms with Crippen LogP contribution in [0.25, 0.3) is 11.8 Å². The second-order valence-corrected chi connectivity index (χ2v) is 10.7. The SMILES string of the molecule is CCOC(=O)C1=C(c2ccccc2)N=c2s/c(=C/c3ccc(OC(F)F)cc3)c(=O)n2[C@H]1c1ccc(C(C)C)cc1. The second kappa shape index (κ2) is 12.0. The van der Waals surface area contributed by atoms with Crippen LogP contribution in [-0.4, -0.2) is 23.8 Å². The summed E-state index contributed by atoms with van der Waals surface area (Å²) in [6.07, 6.45) is 1.67. The minimum Gasteiger partial charge on any atom is -0.463 e. The highest BCUT2D eigenvalue weighted by Crippen LogP contribution is 2.35. The van der Waals surface area contributed by atoms with Gasteiger partial charge in [-0.25, -0.2) is 9.79 Å². The van der Waals surface area contributed by atoms with Crippen molar-refractivity contribution in [2.45, 2.75) is 39.3 Å². The van der Waals surface area contributed by atoms with Gasteiger partial charge < -0.3 is 9.47 Å². The second-order valence-electron chi connectivity index (χ2n) is 9.70. The molecule has 210 valence electrons. The zero-order valence-electron chi connectivity index (χ0n) is 22.7. The molecule has 41 heavy (non-hydrogen) atoms. The van der Waals surface area contributed by atoms with Crippen LogP contribution in [0, 0.1) is 0 Å². The molecule has 1 aliphatic heterocycles. The third kappa shape index (κ3) is 5.90. The lowest BCUT2D eigenvalue weighted by Gasteiger charge is -2.26. The Morgan fingerprint density at radius 1 is 1.02 bits per heavy atom. The molecule has 2 heterocycles. The topological polar surface area (TPSA) is 69.9 Å². The van der Waals surface area contributed by atoms with E-state index in [-0.39, 0.29) is 23.5 Å². The molecular formula is C32H28F2N2O4S. The average molecular weight is 575 g/mol. The number of thiazole rings is 1. The first-order valence-electron chi connectivity index (χ1n) is 13.2. The van der Waals surface area contributed by atoms with Crippen LogP contribution in [-0.2, 0) is 9.53 Å². The fourth-order valence-electron chi connectivity index (χ4n) is 4.72. The summed E-state index contributed by atoms with van der Waals surface area (Å²) in [6, 6.07) is 22.5. The Bertz CT molecular complexity index is 1760. The van der Waals surface area contributed by atoms with Crippen LogP contribution in [0.3, 0.4) is 0 Å². The van der Waals surface area contributed by atoms with Gasteiger partial charge in [-0.1, -0.05) is 91.9 Å². The Hall–Kier alpha value is -4.37. The number of hydrogen-bond donors (Lipinski definition) is 0. The fourth-order valence-corrected chi connectivity index (χ4v) is 5.72. The molecule has 0 fully saturated rings. The molecule has 3 aromatic carbocycles. The summed E-state index contributed by atoms with van der Waals surface area (Å²) in [4.78, 5) is 32.7. The van der Waals surface area contributed by atoms with Crippen LogP contribution >= 0.6 is 11.3 Å². The number of ether oxygens (including phenoxy) is 2. The van der Waals surface area contributed by atoms with Gasteiger partial charge in [-0.05, 0) is 47.7 Å².